The summed E-state index contributed by atoms with van der Waals surface area (Å²) in [6.45, 7) is 17.4. The summed E-state index contributed by atoms with van der Waals surface area (Å²) in [5.74, 6) is 0. The van der Waals surface area contributed by atoms with Gasteiger partial charge in [-0.1, -0.05) is 6.92 Å². The average molecular weight is 325 g/mol. The fourth-order valence-corrected chi connectivity index (χ4v) is 4.67. The SMILES string of the molecule is CC(C)N1CCC(C)(C(C)(C)N(C)C2CC[N+](C)(C)CC2)CC1. The van der Waals surface area contributed by atoms with Gasteiger partial charge in [-0.15, -0.1) is 0 Å². The van der Waals surface area contributed by atoms with Crippen molar-refractivity contribution in [2.45, 2.75) is 77.9 Å². The summed E-state index contributed by atoms with van der Waals surface area (Å²) in [4.78, 5) is 5.40. The Morgan fingerprint density at radius 3 is 2.00 bits per heavy atom. The Balaban J connectivity index is 2.02. The van der Waals surface area contributed by atoms with Gasteiger partial charge in [-0.3, -0.25) is 4.90 Å². The maximum absolute atomic E-state index is 2.75. The molecule has 0 unspecified atom stereocenters. The van der Waals surface area contributed by atoms with Crippen LogP contribution in [-0.4, -0.2) is 79.2 Å². The lowest BCUT2D eigenvalue weighted by atomic mass is 9.65. The van der Waals surface area contributed by atoms with Crippen molar-refractivity contribution in [1.29, 1.82) is 0 Å². The van der Waals surface area contributed by atoms with E-state index in [9.17, 15) is 0 Å². The number of nitrogens with zero attached hydrogens (tertiary/aromatic N) is 3. The molecule has 136 valence electrons. The second-order valence-electron chi connectivity index (χ2n) is 9.97. The van der Waals surface area contributed by atoms with Gasteiger partial charge in [0.1, 0.15) is 0 Å². The van der Waals surface area contributed by atoms with Gasteiger partial charge in [-0.05, 0) is 66.1 Å². The highest BCUT2D eigenvalue weighted by Gasteiger charge is 2.47. The Hall–Kier alpha value is -0.120. The van der Waals surface area contributed by atoms with Crippen LogP contribution in [-0.2, 0) is 0 Å². The number of hydrogen-bond donors (Lipinski definition) is 0. The van der Waals surface area contributed by atoms with Crippen molar-refractivity contribution in [3.63, 3.8) is 0 Å². The van der Waals surface area contributed by atoms with E-state index in [1.807, 2.05) is 0 Å². The molecule has 0 spiro atoms. The highest BCUT2D eigenvalue weighted by Crippen LogP contribution is 2.45. The Bertz CT molecular complexity index is 382. The number of rotatable bonds is 4. The minimum atomic E-state index is 0.273. The average Bonchev–Trinajstić information content (AvgIpc) is 2.46. The zero-order chi connectivity index (χ0) is 17.5. The van der Waals surface area contributed by atoms with Crippen LogP contribution in [0.2, 0.25) is 0 Å². The first kappa shape index (κ1) is 19.2. The lowest BCUT2D eigenvalue weighted by molar-refractivity contribution is -0.895. The molecule has 0 radical (unpaired) electrons. The number of hydrogen-bond acceptors (Lipinski definition) is 2. The lowest BCUT2D eigenvalue weighted by Crippen LogP contribution is -2.62. The van der Waals surface area contributed by atoms with Crippen molar-refractivity contribution in [1.82, 2.24) is 9.80 Å². The molecule has 0 N–H and O–H groups in total. The van der Waals surface area contributed by atoms with E-state index in [0.29, 0.717) is 11.5 Å². The summed E-state index contributed by atoms with van der Waals surface area (Å²) in [7, 11) is 7.16. The van der Waals surface area contributed by atoms with Crippen LogP contribution in [0.15, 0.2) is 0 Å². The summed E-state index contributed by atoms with van der Waals surface area (Å²) in [5.41, 5.74) is 0.699. The summed E-state index contributed by atoms with van der Waals surface area (Å²) in [5, 5.41) is 0. The van der Waals surface area contributed by atoms with E-state index in [-0.39, 0.29) is 5.54 Å². The molecule has 2 fully saturated rings. The fraction of sp³-hybridized carbons (Fsp3) is 1.00. The zero-order valence-corrected chi connectivity index (χ0v) is 17.2. The third kappa shape index (κ3) is 3.93. The summed E-state index contributed by atoms with van der Waals surface area (Å²) in [6.07, 6.45) is 5.36. The fourth-order valence-electron chi connectivity index (χ4n) is 4.67. The molecular weight excluding hydrogens is 282 g/mol. The maximum Gasteiger partial charge on any atom is 0.0797 e. The van der Waals surface area contributed by atoms with E-state index in [0.717, 1.165) is 6.04 Å². The monoisotopic (exact) mass is 324 g/mol. The normalized spacial score (nSPS) is 26.9. The molecule has 0 aromatic carbocycles. The van der Waals surface area contributed by atoms with Gasteiger partial charge in [0.25, 0.3) is 0 Å². The molecule has 3 nitrogen and oxygen atoms in total. The van der Waals surface area contributed by atoms with Crippen molar-refractivity contribution in [3.8, 4) is 0 Å². The smallest absolute Gasteiger partial charge is 0.0797 e. The molecule has 0 aromatic rings. The van der Waals surface area contributed by atoms with Gasteiger partial charge >= 0.3 is 0 Å². The van der Waals surface area contributed by atoms with E-state index >= 15 is 0 Å². The Morgan fingerprint density at radius 1 is 1.09 bits per heavy atom. The summed E-state index contributed by atoms with van der Waals surface area (Å²) in [6, 6.07) is 1.45. The quantitative estimate of drug-likeness (QED) is 0.731. The van der Waals surface area contributed by atoms with Gasteiger partial charge in [0.15, 0.2) is 0 Å². The van der Waals surface area contributed by atoms with Crippen molar-refractivity contribution in [2.75, 3.05) is 47.3 Å². The van der Waals surface area contributed by atoms with Gasteiger partial charge < -0.3 is 9.38 Å². The topological polar surface area (TPSA) is 6.48 Å². The predicted molar refractivity (Wildman–Crippen MR) is 101 cm³/mol. The standard InChI is InChI=1S/C20H42N3/c1-17(2)22-13-11-20(5,12-14-22)19(3,4)21(6)18-9-15-23(7,8)16-10-18/h17-18H,9-16H2,1-8H3/q+1. The Kier molecular flexibility index (Phi) is 5.55. The molecule has 2 aliphatic heterocycles. The van der Waals surface area contributed by atoms with Crippen molar-refractivity contribution < 1.29 is 4.48 Å². The Labute approximate surface area is 145 Å². The van der Waals surface area contributed by atoms with Crippen molar-refractivity contribution in [3.05, 3.63) is 0 Å². The molecule has 2 saturated heterocycles. The molecule has 2 rings (SSSR count). The highest BCUT2D eigenvalue weighted by atomic mass is 15.3. The van der Waals surface area contributed by atoms with Gasteiger partial charge in [0.05, 0.1) is 27.2 Å². The van der Waals surface area contributed by atoms with Gasteiger partial charge in [-0.25, -0.2) is 0 Å². The van der Waals surface area contributed by atoms with Crippen molar-refractivity contribution >= 4 is 0 Å². The molecule has 0 bridgehead atoms. The van der Waals surface area contributed by atoms with Crippen molar-refractivity contribution in [2.24, 2.45) is 5.41 Å². The van der Waals surface area contributed by atoms with Crippen LogP contribution in [0.4, 0.5) is 0 Å². The minimum absolute atomic E-state index is 0.273. The lowest BCUT2D eigenvalue weighted by Gasteiger charge is -2.56. The van der Waals surface area contributed by atoms with E-state index in [1.165, 1.54) is 56.3 Å². The molecule has 0 saturated carbocycles. The van der Waals surface area contributed by atoms with E-state index in [4.69, 9.17) is 0 Å². The summed E-state index contributed by atoms with van der Waals surface area (Å²) < 4.78 is 1.20. The van der Waals surface area contributed by atoms with Crippen LogP contribution in [0.3, 0.4) is 0 Å². The van der Waals surface area contributed by atoms with Crippen LogP contribution in [0.25, 0.3) is 0 Å². The number of quaternary nitrogens is 1. The molecule has 0 aromatic heterocycles. The molecule has 2 heterocycles. The van der Waals surface area contributed by atoms with Crippen LogP contribution in [0.5, 0.6) is 0 Å². The van der Waals surface area contributed by atoms with Crippen LogP contribution in [0.1, 0.15) is 60.3 Å². The third-order valence-corrected chi connectivity index (χ3v) is 7.67. The highest BCUT2D eigenvalue weighted by molar-refractivity contribution is 5.01. The maximum atomic E-state index is 2.75. The second kappa shape index (κ2) is 6.65. The van der Waals surface area contributed by atoms with Gasteiger partial charge in [-0.2, -0.15) is 0 Å². The molecule has 0 atom stereocenters. The van der Waals surface area contributed by atoms with Crippen LogP contribution < -0.4 is 0 Å². The molecule has 2 aliphatic rings. The van der Waals surface area contributed by atoms with E-state index < -0.39 is 0 Å². The minimum Gasteiger partial charge on any atom is -0.328 e. The third-order valence-electron chi connectivity index (χ3n) is 7.67. The first-order chi connectivity index (χ1) is 10.5. The van der Waals surface area contributed by atoms with Gasteiger partial charge in [0, 0.05) is 30.5 Å². The van der Waals surface area contributed by atoms with E-state index in [2.05, 4.69) is 65.6 Å². The number of piperidine rings is 2. The predicted octanol–water partition coefficient (Wildman–Crippen LogP) is 3.45. The zero-order valence-electron chi connectivity index (χ0n) is 17.2. The first-order valence-corrected chi connectivity index (χ1v) is 9.77. The van der Waals surface area contributed by atoms with Crippen LogP contribution in [0, 0.1) is 5.41 Å². The van der Waals surface area contributed by atoms with Crippen LogP contribution >= 0.6 is 0 Å². The van der Waals surface area contributed by atoms with E-state index in [1.54, 1.807) is 0 Å². The number of likely N-dealkylation sites (tertiary alicyclic amines) is 2. The molecule has 0 amide bonds. The first-order valence-electron chi connectivity index (χ1n) is 9.77. The second-order valence-corrected chi connectivity index (χ2v) is 9.97. The molecule has 0 aliphatic carbocycles. The van der Waals surface area contributed by atoms with Gasteiger partial charge in [0.2, 0.25) is 0 Å². The molecule has 3 heteroatoms. The Morgan fingerprint density at radius 2 is 1.57 bits per heavy atom. The largest absolute Gasteiger partial charge is 0.328 e. The summed E-state index contributed by atoms with van der Waals surface area (Å²) >= 11 is 0. The molecular formula is C20H42N3+. The molecule has 23 heavy (non-hydrogen) atoms.